The highest BCUT2D eigenvalue weighted by atomic mass is 16.5. The molecular formula is C13H15NO2. The highest BCUT2D eigenvalue weighted by Crippen LogP contribution is 2.17. The second-order valence-corrected chi connectivity index (χ2v) is 4.02. The second kappa shape index (κ2) is 4.47. The van der Waals surface area contributed by atoms with Gasteiger partial charge < -0.3 is 4.74 Å². The van der Waals surface area contributed by atoms with Crippen molar-refractivity contribution >= 4 is 11.8 Å². The van der Waals surface area contributed by atoms with Crippen LogP contribution >= 0.6 is 0 Å². The normalized spacial score (nSPS) is 19.5. The topological polar surface area (TPSA) is 38.7 Å². The molecule has 1 aromatic carbocycles. The van der Waals surface area contributed by atoms with Gasteiger partial charge in [0.05, 0.1) is 0 Å². The molecule has 0 N–H and O–H groups in total. The Morgan fingerprint density at radius 1 is 1.31 bits per heavy atom. The molecule has 3 nitrogen and oxygen atoms in total. The van der Waals surface area contributed by atoms with Crippen molar-refractivity contribution in [2.45, 2.75) is 32.8 Å². The zero-order chi connectivity index (χ0) is 11.5. The Kier molecular flexibility index (Phi) is 3.04. The van der Waals surface area contributed by atoms with E-state index in [4.69, 9.17) is 4.74 Å². The van der Waals surface area contributed by atoms with E-state index in [-0.39, 0.29) is 12.0 Å². The van der Waals surface area contributed by atoms with Gasteiger partial charge in [-0.3, -0.25) is 4.79 Å². The van der Waals surface area contributed by atoms with E-state index < -0.39 is 0 Å². The molecule has 0 saturated heterocycles. The van der Waals surface area contributed by atoms with E-state index in [0.29, 0.717) is 5.90 Å². The molecule has 1 unspecified atom stereocenters. The van der Waals surface area contributed by atoms with Gasteiger partial charge in [-0.1, -0.05) is 31.0 Å². The zero-order valence-corrected chi connectivity index (χ0v) is 9.56. The molecule has 84 valence electrons. The molecule has 0 radical (unpaired) electrons. The average Bonchev–Trinajstić information content (AvgIpc) is 2.62. The molecule has 1 aromatic rings. The van der Waals surface area contributed by atoms with Crippen LogP contribution in [0.2, 0.25) is 0 Å². The summed E-state index contributed by atoms with van der Waals surface area (Å²) in [6.07, 6.45) is 1.28. The van der Waals surface area contributed by atoms with Crippen LogP contribution < -0.4 is 0 Å². The quantitative estimate of drug-likeness (QED) is 0.780. The van der Waals surface area contributed by atoms with E-state index in [0.717, 1.165) is 18.4 Å². The molecule has 1 aliphatic rings. The smallest absolute Gasteiger partial charge is 0.290 e. The Balaban J connectivity index is 2.15. The van der Waals surface area contributed by atoms with Crippen LogP contribution in [0.25, 0.3) is 0 Å². The van der Waals surface area contributed by atoms with Crippen molar-refractivity contribution in [3.05, 3.63) is 35.4 Å². The fourth-order valence-electron chi connectivity index (χ4n) is 1.66. The molecule has 0 spiro atoms. The maximum atomic E-state index is 11.5. The van der Waals surface area contributed by atoms with Crippen LogP contribution in [0, 0.1) is 6.92 Å². The molecule has 1 heterocycles. The lowest BCUT2D eigenvalue weighted by atomic mass is 10.1. The number of hydrogen-bond donors (Lipinski definition) is 0. The molecule has 0 bridgehead atoms. The number of amides is 1. The molecule has 1 atom stereocenters. The molecule has 0 fully saturated rings. The van der Waals surface area contributed by atoms with E-state index in [2.05, 4.69) is 4.99 Å². The Hall–Kier alpha value is -1.64. The minimum absolute atomic E-state index is 0.155. The summed E-state index contributed by atoms with van der Waals surface area (Å²) in [5, 5.41) is 0. The van der Waals surface area contributed by atoms with E-state index in [1.54, 1.807) is 0 Å². The minimum Gasteiger partial charge on any atom is -0.464 e. The molecule has 3 heteroatoms. The predicted molar refractivity (Wildman–Crippen MR) is 62.5 cm³/mol. The van der Waals surface area contributed by atoms with E-state index in [9.17, 15) is 4.79 Å². The van der Waals surface area contributed by atoms with Crippen LogP contribution in [0.3, 0.4) is 0 Å². The second-order valence-electron chi connectivity index (χ2n) is 4.02. The monoisotopic (exact) mass is 217 g/mol. The van der Waals surface area contributed by atoms with Crippen molar-refractivity contribution in [2.24, 2.45) is 4.99 Å². The van der Waals surface area contributed by atoms with Gasteiger partial charge in [0, 0.05) is 5.56 Å². The Labute approximate surface area is 95.2 Å². The van der Waals surface area contributed by atoms with Crippen molar-refractivity contribution in [3.63, 3.8) is 0 Å². The van der Waals surface area contributed by atoms with Crippen molar-refractivity contribution in [1.82, 2.24) is 0 Å². The first-order chi connectivity index (χ1) is 7.70. The van der Waals surface area contributed by atoms with Gasteiger partial charge in [-0.25, -0.2) is 0 Å². The zero-order valence-electron chi connectivity index (χ0n) is 9.56. The van der Waals surface area contributed by atoms with Crippen LogP contribution in [-0.2, 0) is 9.53 Å². The van der Waals surface area contributed by atoms with Gasteiger partial charge in [-0.2, -0.15) is 4.99 Å². The van der Waals surface area contributed by atoms with Crippen LogP contribution in [0.15, 0.2) is 29.3 Å². The van der Waals surface area contributed by atoms with Gasteiger partial charge in [-0.05, 0) is 25.5 Å². The number of nitrogens with zero attached hydrogens (tertiary/aromatic N) is 1. The molecule has 0 aliphatic carbocycles. The number of carbonyl (C=O) groups excluding carboxylic acids is 1. The van der Waals surface area contributed by atoms with Crippen LogP contribution in [0.4, 0.5) is 0 Å². The molecule has 0 aromatic heterocycles. The summed E-state index contributed by atoms with van der Waals surface area (Å²) in [4.78, 5) is 15.4. The SMILES string of the molecule is CCCC1OC(c2ccc(C)cc2)=NC1=O. The number of aryl methyl sites for hydroxylation is 1. The summed E-state index contributed by atoms with van der Waals surface area (Å²) in [7, 11) is 0. The number of hydrogen-bond acceptors (Lipinski definition) is 2. The predicted octanol–water partition coefficient (Wildman–Crippen LogP) is 2.47. The van der Waals surface area contributed by atoms with E-state index in [1.807, 2.05) is 38.1 Å². The first kappa shape index (κ1) is 10.9. The van der Waals surface area contributed by atoms with Gasteiger partial charge in [0.1, 0.15) is 0 Å². The van der Waals surface area contributed by atoms with Crippen molar-refractivity contribution in [3.8, 4) is 0 Å². The fraction of sp³-hybridized carbons (Fsp3) is 0.385. The number of ether oxygens (including phenoxy) is 1. The third-order valence-corrected chi connectivity index (χ3v) is 2.59. The lowest BCUT2D eigenvalue weighted by Gasteiger charge is -2.08. The highest BCUT2D eigenvalue weighted by Gasteiger charge is 2.28. The molecule has 0 saturated carbocycles. The van der Waals surface area contributed by atoms with E-state index in [1.165, 1.54) is 5.56 Å². The lowest BCUT2D eigenvalue weighted by Crippen LogP contribution is -2.17. The third-order valence-electron chi connectivity index (χ3n) is 2.59. The van der Waals surface area contributed by atoms with Gasteiger partial charge >= 0.3 is 0 Å². The summed E-state index contributed by atoms with van der Waals surface area (Å²) < 4.78 is 5.54. The number of aliphatic imine (C=N–C) groups is 1. The van der Waals surface area contributed by atoms with Gasteiger partial charge in [0.2, 0.25) is 5.90 Å². The van der Waals surface area contributed by atoms with Crippen molar-refractivity contribution < 1.29 is 9.53 Å². The lowest BCUT2D eigenvalue weighted by molar-refractivity contribution is -0.122. The van der Waals surface area contributed by atoms with Crippen LogP contribution in [-0.4, -0.2) is 17.9 Å². The van der Waals surface area contributed by atoms with Gasteiger partial charge in [-0.15, -0.1) is 0 Å². The van der Waals surface area contributed by atoms with Crippen molar-refractivity contribution in [1.29, 1.82) is 0 Å². The summed E-state index contributed by atoms with van der Waals surface area (Å²) in [5.41, 5.74) is 2.05. The summed E-state index contributed by atoms with van der Waals surface area (Å²) in [6, 6.07) is 7.82. The molecule has 2 rings (SSSR count). The summed E-state index contributed by atoms with van der Waals surface area (Å²) in [5.74, 6) is 0.306. The number of rotatable bonds is 3. The highest BCUT2D eigenvalue weighted by molar-refractivity contribution is 6.07. The summed E-state index contributed by atoms with van der Waals surface area (Å²) >= 11 is 0. The third kappa shape index (κ3) is 2.13. The largest absolute Gasteiger partial charge is 0.464 e. The number of carbonyl (C=O) groups is 1. The van der Waals surface area contributed by atoms with Crippen LogP contribution in [0.5, 0.6) is 0 Å². The maximum absolute atomic E-state index is 11.5. The standard InChI is InChI=1S/C13H15NO2/c1-3-4-11-12(15)14-13(16-11)10-7-5-9(2)6-8-10/h5-8,11H,3-4H2,1-2H3. The minimum atomic E-state index is -0.374. The van der Waals surface area contributed by atoms with Gasteiger partial charge in [0.25, 0.3) is 5.91 Å². The molecular weight excluding hydrogens is 202 g/mol. The molecule has 1 amide bonds. The molecule has 16 heavy (non-hydrogen) atoms. The average molecular weight is 217 g/mol. The first-order valence-corrected chi connectivity index (χ1v) is 5.57. The number of benzene rings is 1. The van der Waals surface area contributed by atoms with E-state index >= 15 is 0 Å². The Bertz CT molecular complexity index is 420. The van der Waals surface area contributed by atoms with Crippen molar-refractivity contribution in [2.75, 3.05) is 0 Å². The Morgan fingerprint density at radius 2 is 2.00 bits per heavy atom. The fourth-order valence-corrected chi connectivity index (χ4v) is 1.66. The molecule has 1 aliphatic heterocycles. The summed E-state index contributed by atoms with van der Waals surface area (Å²) in [6.45, 7) is 4.05. The Morgan fingerprint density at radius 3 is 2.62 bits per heavy atom. The van der Waals surface area contributed by atoms with Gasteiger partial charge in [0.15, 0.2) is 6.10 Å². The first-order valence-electron chi connectivity index (χ1n) is 5.57. The van der Waals surface area contributed by atoms with Crippen LogP contribution in [0.1, 0.15) is 30.9 Å². The maximum Gasteiger partial charge on any atom is 0.290 e.